The summed E-state index contributed by atoms with van der Waals surface area (Å²) in [5.74, 6) is 0. The number of nitrogens with two attached hydrogens (primary N) is 1. The van der Waals surface area contributed by atoms with E-state index >= 15 is 0 Å². The van der Waals surface area contributed by atoms with Gasteiger partial charge in [-0.1, -0.05) is 27.7 Å². The highest BCUT2D eigenvalue weighted by molar-refractivity contribution is 5.50. The molecule has 3 N–H and O–H groups in total. The van der Waals surface area contributed by atoms with Crippen LogP contribution in [-0.2, 0) is 0 Å². The Morgan fingerprint density at radius 3 is 1.62 bits per heavy atom. The van der Waals surface area contributed by atoms with Gasteiger partial charge in [-0.3, -0.25) is 0 Å². The minimum atomic E-state index is 0.800. The van der Waals surface area contributed by atoms with Gasteiger partial charge in [-0.2, -0.15) is 0 Å². The van der Waals surface area contributed by atoms with Gasteiger partial charge in [0.25, 0.3) is 0 Å². The lowest BCUT2D eigenvalue weighted by atomic mass is 10.3. The molecule has 1 aromatic rings. The second-order valence-corrected chi connectivity index (χ2v) is 1.87. The monoisotopic (exact) mass is 182 g/mol. The number of nitrogen functional groups attached to an aromatic ring is 1. The van der Waals surface area contributed by atoms with Gasteiger partial charge in [0.2, 0.25) is 0 Å². The normalized spacial score (nSPS) is 7.15. The average Bonchev–Trinajstić information content (AvgIpc) is 2.25. The van der Waals surface area contributed by atoms with Crippen LogP contribution in [0.5, 0.6) is 0 Å². The summed E-state index contributed by atoms with van der Waals surface area (Å²) in [6, 6.07) is 7.61. The molecule has 0 aliphatic heterocycles. The quantitative estimate of drug-likeness (QED) is 0.653. The molecule has 0 amide bonds. The van der Waals surface area contributed by atoms with Crippen molar-refractivity contribution in [1.29, 1.82) is 0 Å². The van der Waals surface area contributed by atoms with Crippen LogP contribution in [0.4, 0.5) is 11.4 Å². The molecule has 0 aliphatic carbocycles. The van der Waals surface area contributed by atoms with Crippen molar-refractivity contribution in [2.24, 2.45) is 0 Å². The van der Waals surface area contributed by atoms with Crippen molar-refractivity contribution in [2.75, 3.05) is 18.1 Å². The van der Waals surface area contributed by atoms with Crippen molar-refractivity contribution in [3.05, 3.63) is 24.3 Å². The minimum absolute atomic E-state index is 0.800. The lowest BCUT2D eigenvalue weighted by molar-refractivity contribution is 1.50. The minimum Gasteiger partial charge on any atom is -0.399 e. The van der Waals surface area contributed by atoms with Crippen LogP contribution in [0.2, 0.25) is 0 Å². The molecule has 0 saturated carbocycles. The van der Waals surface area contributed by atoms with Crippen LogP contribution in [0.3, 0.4) is 0 Å². The van der Waals surface area contributed by atoms with Gasteiger partial charge in [0, 0.05) is 18.4 Å². The van der Waals surface area contributed by atoms with E-state index < -0.39 is 0 Å². The third-order valence-corrected chi connectivity index (χ3v) is 1.20. The molecule has 0 spiro atoms. The van der Waals surface area contributed by atoms with Gasteiger partial charge >= 0.3 is 0 Å². The van der Waals surface area contributed by atoms with E-state index in [2.05, 4.69) is 5.32 Å². The van der Waals surface area contributed by atoms with E-state index in [9.17, 15) is 0 Å². The van der Waals surface area contributed by atoms with E-state index in [1.807, 2.05) is 59.0 Å². The fourth-order valence-corrected chi connectivity index (χ4v) is 0.650. The Labute approximate surface area is 82.2 Å². The number of hydrogen-bond donors (Lipinski definition) is 2. The van der Waals surface area contributed by atoms with Crippen LogP contribution in [-0.4, -0.2) is 7.05 Å². The Morgan fingerprint density at radius 2 is 1.31 bits per heavy atom. The van der Waals surface area contributed by atoms with Gasteiger partial charge in [-0.05, 0) is 24.3 Å². The van der Waals surface area contributed by atoms with E-state index in [0.717, 1.165) is 11.4 Å². The summed E-state index contributed by atoms with van der Waals surface area (Å²) in [6.45, 7) is 8.00. The summed E-state index contributed by atoms with van der Waals surface area (Å²) >= 11 is 0. The van der Waals surface area contributed by atoms with E-state index in [0.29, 0.717) is 0 Å². The fourth-order valence-electron chi connectivity index (χ4n) is 0.650. The maximum absolute atomic E-state index is 5.45. The van der Waals surface area contributed by atoms with Crippen LogP contribution in [0.1, 0.15) is 27.7 Å². The molecule has 2 nitrogen and oxygen atoms in total. The molecule has 0 unspecified atom stereocenters. The van der Waals surface area contributed by atoms with Crippen molar-refractivity contribution in [3.63, 3.8) is 0 Å². The van der Waals surface area contributed by atoms with Gasteiger partial charge < -0.3 is 11.1 Å². The molecule has 1 rings (SSSR count). The van der Waals surface area contributed by atoms with E-state index in [-0.39, 0.29) is 0 Å². The zero-order chi connectivity index (χ0) is 10.7. The van der Waals surface area contributed by atoms with Crippen molar-refractivity contribution in [3.8, 4) is 0 Å². The summed E-state index contributed by atoms with van der Waals surface area (Å²) in [6.07, 6.45) is 0. The van der Waals surface area contributed by atoms with Crippen LogP contribution < -0.4 is 11.1 Å². The Bertz CT molecular complexity index is 180. The molecule has 0 atom stereocenters. The van der Waals surface area contributed by atoms with Gasteiger partial charge in [0.15, 0.2) is 0 Å². The van der Waals surface area contributed by atoms with Gasteiger partial charge in [-0.15, -0.1) is 0 Å². The van der Waals surface area contributed by atoms with Crippen molar-refractivity contribution < 1.29 is 0 Å². The fraction of sp³-hybridized carbons (Fsp3) is 0.455. The summed E-state index contributed by atoms with van der Waals surface area (Å²) in [7, 11) is 1.88. The number of benzene rings is 1. The lowest BCUT2D eigenvalue weighted by Gasteiger charge is -1.97. The zero-order valence-corrected chi connectivity index (χ0v) is 9.39. The second kappa shape index (κ2) is 10.8. The van der Waals surface area contributed by atoms with Crippen LogP contribution in [0.15, 0.2) is 24.3 Å². The van der Waals surface area contributed by atoms with Crippen LogP contribution >= 0.6 is 0 Å². The molecular formula is C11H22N2. The molecule has 13 heavy (non-hydrogen) atoms. The van der Waals surface area contributed by atoms with Gasteiger partial charge in [0.1, 0.15) is 0 Å². The topological polar surface area (TPSA) is 38.0 Å². The predicted molar refractivity (Wildman–Crippen MR) is 63.1 cm³/mol. The summed E-state index contributed by atoms with van der Waals surface area (Å²) < 4.78 is 0. The Morgan fingerprint density at radius 1 is 0.923 bits per heavy atom. The standard InChI is InChI=1S/C7H10N2.2C2H6/c1-9-7-4-2-6(8)3-5-7;2*1-2/h2-5,9H,8H2,1H3;2*1-2H3. The van der Waals surface area contributed by atoms with Crippen LogP contribution in [0, 0.1) is 0 Å². The van der Waals surface area contributed by atoms with E-state index in [1.54, 1.807) is 0 Å². The predicted octanol–water partition coefficient (Wildman–Crippen LogP) is 3.36. The third kappa shape index (κ3) is 7.19. The highest BCUT2D eigenvalue weighted by atomic mass is 14.8. The summed E-state index contributed by atoms with van der Waals surface area (Å²) in [5, 5.41) is 3.00. The number of hydrogen-bond acceptors (Lipinski definition) is 2. The molecule has 0 saturated heterocycles. The van der Waals surface area contributed by atoms with Gasteiger partial charge in [-0.25, -0.2) is 0 Å². The van der Waals surface area contributed by atoms with Crippen molar-refractivity contribution >= 4 is 11.4 Å². The number of nitrogens with one attached hydrogen (secondary N) is 1. The zero-order valence-electron chi connectivity index (χ0n) is 9.39. The number of rotatable bonds is 1. The highest BCUT2D eigenvalue weighted by Crippen LogP contribution is 2.08. The largest absolute Gasteiger partial charge is 0.399 e. The molecule has 0 radical (unpaired) electrons. The molecule has 0 aromatic heterocycles. The van der Waals surface area contributed by atoms with Crippen molar-refractivity contribution in [1.82, 2.24) is 0 Å². The molecular weight excluding hydrogens is 160 g/mol. The molecule has 1 aromatic carbocycles. The molecule has 2 heteroatoms. The number of anilines is 2. The average molecular weight is 182 g/mol. The Kier molecular flexibility index (Phi) is 11.9. The first-order valence-electron chi connectivity index (χ1n) is 4.86. The molecule has 0 heterocycles. The first-order valence-corrected chi connectivity index (χ1v) is 4.86. The Hall–Kier alpha value is -1.18. The molecule has 0 fully saturated rings. The first-order chi connectivity index (χ1) is 6.33. The maximum atomic E-state index is 5.45. The maximum Gasteiger partial charge on any atom is 0.0339 e. The highest BCUT2D eigenvalue weighted by Gasteiger charge is 1.84. The third-order valence-electron chi connectivity index (χ3n) is 1.20. The molecule has 0 aliphatic rings. The van der Waals surface area contributed by atoms with E-state index in [1.165, 1.54) is 0 Å². The lowest BCUT2D eigenvalue weighted by Crippen LogP contribution is -1.88. The first kappa shape index (κ1) is 14.3. The molecule has 76 valence electrons. The molecule has 0 bridgehead atoms. The SMILES string of the molecule is CC.CC.CNc1ccc(N)cc1. The smallest absolute Gasteiger partial charge is 0.0339 e. The van der Waals surface area contributed by atoms with Gasteiger partial charge in [0.05, 0.1) is 0 Å². The second-order valence-electron chi connectivity index (χ2n) is 1.87. The summed E-state index contributed by atoms with van der Waals surface area (Å²) in [5.41, 5.74) is 7.34. The van der Waals surface area contributed by atoms with Crippen LogP contribution in [0.25, 0.3) is 0 Å². The van der Waals surface area contributed by atoms with Crippen molar-refractivity contribution in [2.45, 2.75) is 27.7 Å². The Balaban J connectivity index is 0. The van der Waals surface area contributed by atoms with E-state index in [4.69, 9.17) is 5.73 Å². The summed E-state index contributed by atoms with van der Waals surface area (Å²) in [4.78, 5) is 0.